The lowest BCUT2D eigenvalue weighted by Gasteiger charge is -2.27. The summed E-state index contributed by atoms with van der Waals surface area (Å²) in [5.74, 6) is 0. The van der Waals surface area contributed by atoms with Crippen molar-refractivity contribution in [3.05, 3.63) is 30.3 Å². The summed E-state index contributed by atoms with van der Waals surface area (Å²) >= 11 is 0. The van der Waals surface area contributed by atoms with Gasteiger partial charge in [-0.1, -0.05) is 39.0 Å². The molecule has 0 bridgehead atoms. The summed E-state index contributed by atoms with van der Waals surface area (Å²) in [7, 11) is -3.39. The Morgan fingerprint density at radius 3 is 2.06 bits per heavy atom. The van der Waals surface area contributed by atoms with Gasteiger partial charge in [-0.2, -0.15) is 0 Å². The molecule has 0 unspecified atom stereocenters. The number of sulfonamides is 1. The van der Waals surface area contributed by atoms with Crippen LogP contribution in [0.3, 0.4) is 0 Å². The molecule has 0 aromatic heterocycles. The Labute approximate surface area is 97.9 Å². The summed E-state index contributed by atoms with van der Waals surface area (Å²) in [5, 5.41) is 0. The van der Waals surface area contributed by atoms with E-state index in [0.29, 0.717) is 4.90 Å². The maximum atomic E-state index is 12.0. The Bertz CT molecular complexity index is 432. The third kappa shape index (κ3) is 3.32. The van der Waals surface area contributed by atoms with Crippen LogP contribution in [0.15, 0.2) is 35.2 Å². The molecule has 0 radical (unpaired) electrons. The van der Waals surface area contributed by atoms with Crippen molar-refractivity contribution in [1.29, 1.82) is 0 Å². The van der Waals surface area contributed by atoms with Gasteiger partial charge in [0.2, 0.25) is 10.0 Å². The van der Waals surface area contributed by atoms with E-state index in [9.17, 15) is 8.42 Å². The molecular weight excluding hydrogens is 222 g/mol. The monoisotopic (exact) mass is 241 g/mol. The number of hydrogen-bond acceptors (Lipinski definition) is 2. The fourth-order valence-electron chi connectivity index (χ4n) is 1.08. The molecule has 1 rings (SSSR count). The van der Waals surface area contributed by atoms with E-state index in [1.165, 1.54) is 0 Å². The Kier molecular flexibility index (Phi) is 3.76. The van der Waals surface area contributed by atoms with Crippen LogP contribution in [-0.4, -0.2) is 14.5 Å². The summed E-state index contributed by atoms with van der Waals surface area (Å²) in [4.78, 5) is 0.311. The minimum Gasteiger partial charge on any atom is -0.208 e. The second kappa shape index (κ2) is 4.55. The first-order chi connectivity index (χ1) is 7.23. The van der Waals surface area contributed by atoms with Crippen LogP contribution in [0.25, 0.3) is 0 Å². The van der Waals surface area contributed by atoms with E-state index in [1.807, 2.05) is 27.7 Å². The summed E-state index contributed by atoms with van der Waals surface area (Å²) in [5.41, 5.74) is -0.0954. The molecule has 0 aliphatic carbocycles. The van der Waals surface area contributed by atoms with Crippen LogP contribution in [0.4, 0.5) is 0 Å². The summed E-state index contributed by atoms with van der Waals surface area (Å²) in [6.07, 6.45) is 0. The quantitative estimate of drug-likeness (QED) is 0.883. The summed E-state index contributed by atoms with van der Waals surface area (Å²) < 4.78 is 26.6. The Morgan fingerprint density at radius 2 is 1.62 bits per heavy atom. The first kappa shape index (κ1) is 13.2. The summed E-state index contributed by atoms with van der Waals surface area (Å²) in [6, 6.07) is 8.31. The molecule has 0 heterocycles. The molecule has 1 N–H and O–H groups in total. The van der Waals surface area contributed by atoms with Gasteiger partial charge in [0.1, 0.15) is 0 Å². The van der Waals surface area contributed by atoms with Gasteiger partial charge in [0.05, 0.1) is 4.90 Å². The van der Waals surface area contributed by atoms with E-state index >= 15 is 0 Å². The van der Waals surface area contributed by atoms with Crippen LogP contribution >= 0.6 is 0 Å². The van der Waals surface area contributed by atoms with Gasteiger partial charge in [-0.3, -0.25) is 0 Å². The normalized spacial score (nSPS) is 14.8. The highest BCUT2D eigenvalue weighted by atomic mass is 32.2. The lowest BCUT2D eigenvalue weighted by atomic mass is 9.89. The van der Waals surface area contributed by atoms with Gasteiger partial charge in [-0.25, -0.2) is 13.1 Å². The molecule has 4 heteroatoms. The van der Waals surface area contributed by atoms with E-state index in [2.05, 4.69) is 4.72 Å². The number of rotatable bonds is 3. The highest BCUT2D eigenvalue weighted by Gasteiger charge is 2.25. The van der Waals surface area contributed by atoms with Crippen LogP contribution in [-0.2, 0) is 10.0 Å². The van der Waals surface area contributed by atoms with Crippen molar-refractivity contribution in [2.75, 3.05) is 0 Å². The minimum atomic E-state index is -3.39. The van der Waals surface area contributed by atoms with Gasteiger partial charge in [-0.15, -0.1) is 0 Å². The van der Waals surface area contributed by atoms with Gasteiger partial charge in [0.25, 0.3) is 0 Å². The maximum Gasteiger partial charge on any atom is 0.240 e. The van der Waals surface area contributed by atoms with Crippen molar-refractivity contribution in [2.45, 2.75) is 38.6 Å². The molecule has 1 aromatic rings. The first-order valence-electron chi connectivity index (χ1n) is 5.31. The number of benzene rings is 1. The molecule has 16 heavy (non-hydrogen) atoms. The zero-order valence-corrected chi connectivity index (χ0v) is 11.0. The SMILES string of the molecule is C[C@@H](NS(=O)(=O)c1ccccc1)C(C)(C)C. The smallest absolute Gasteiger partial charge is 0.208 e. The van der Waals surface area contributed by atoms with Crippen LogP contribution in [0.5, 0.6) is 0 Å². The molecule has 0 amide bonds. The maximum absolute atomic E-state index is 12.0. The fourth-order valence-corrected chi connectivity index (χ4v) is 2.55. The second-order valence-electron chi connectivity index (χ2n) is 5.02. The topological polar surface area (TPSA) is 46.2 Å². The zero-order chi connectivity index (χ0) is 12.4. The molecule has 0 aliphatic heterocycles. The third-order valence-corrected chi connectivity index (χ3v) is 4.24. The van der Waals surface area contributed by atoms with Crippen molar-refractivity contribution >= 4 is 10.0 Å². The Balaban J connectivity index is 2.90. The third-order valence-electron chi connectivity index (χ3n) is 2.68. The van der Waals surface area contributed by atoms with E-state index in [-0.39, 0.29) is 11.5 Å². The van der Waals surface area contributed by atoms with Crippen LogP contribution in [0.2, 0.25) is 0 Å². The van der Waals surface area contributed by atoms with Crippen LogP contribution in [0, 0.1) is 5.41 Å². The predicted molar refractivity (Wildman–Crippen MR) is 65.7 cm³/mol. The van der Waals surface area contributed by atoms with Crippen LogP contribution < -0.4 is 4.72 Å². The molecule has 0 fully saturated rings. The standard InChI is InChI=1S/C12H19NO2S/c1-10(12(2,3)4)13-16(14,15)11-8-6-5-7-9-11/h5-10,13H,1-4H3/t10-/m1/s1. The first-order valence-corrected chi connectivity index (χ1v) is 6.79. The molecule has 0 aliphatic rings. The van der Waals surface area contributed by atoms with E-state index in [1.54, 1.807) is 30.3 Å². The molecule has 0 spiro atoms. The molecule has 3 nitrogen and oxygen atoms in total. The van der Waals surface area contributed by atoms with Gasteiger partial charge in [0, 0.05) is 6.04 Å². The van der Waals surface area contributed by atoms with Gasteiger partial charge < -0.3 is 0 Å². The fraction of sp³-hybridized carbons (Fsp3) is 0.500. The molecule has 0 saturated heterocycles. The van der Waals surface area contributed by atoms with Gasteiger partial charge >= 0.3 is 0 Å². The number of hydrogen-bond donors (Lipinski definition) is 1. The van der Waals surface area contributed by atoms with Crippen molar-refractivity contribution in [3.63, 3.8) is 0 Å². The van der Waals surface area contributed by atoms with Crippen molar-refractivity contribution < 1.29 is 8.42 Å². The van der Waals surface area contributed by atoms with Gasteiger partial charge in [0.15, 0.2) is 0 Å². The molecule has 90 valence electrons. The van der Waals surface area contributed by atoms with E-state index in [0.717, 1.165) is 0 Å². The zero-order valence-electron chi connectivity index (χ0n) is 10.2. The molecule has 1 atom stereocenters. The molecule has 1 aromatic carbocycles. The van der Waals surface area contributed by atoms with Crippen LogP contribution in [0.1, 0.15) is 27.7 Å². The lowest BCUT2D eigenvalue weighted by Crippen LogP contribution is -2.41. The lowest BCUT2D eigenvalue weighted by molar-refractivity contribution is 0.317. The Hall–Kier alpha value is -0.870. The highest BCUT2D eigenvalue weighted by Crippen LogP contribution is 2.20. The van der Waals surface area contributed by atoms with E-state index < -0.39 is 10.0 Å². The Morgan fingerprint density at radius 1 is 1.12 bits per heavy atom. The van der Waals surface area contributed by atoms with Gasteiger partial charge in [-0.05, 0) is 24.5 Å². The molecular formula is C12H19NO2S. The largest absolute Gasteiger partial charge is 0.240 e. The predicted octanol–water partition coefficient (Wildman–Crippen LogP) is 2.40. The summed E-state index contributed by atoms with van der Waals surface area (Å²) in [6.45, 7) is 7.89. The average Bonchev–Trinajstić information content (AvgIpc) is 2.17. The van der Waals surface area contributed by atoms with E-state index in [4.69, 9.17) is 0 Å². The van der Waals surface area contributed by atoms with Crippen molar-refractivity contribution in [1.82, 2.24) is 4.72 Å². The van der Waals surface area contributed by atoms with Crippen molar-refractivity contribution in [2.24, 2.45) is 5.41 Å². The highest BCUT2D eigenvalue weighted by molar-refractivity contribution is 7.89. The second-order valence-corrected chi connectivity index (χ2v) is 6.74. The number of nitrogens with one attached hydrogen (secondary N) is 1. The average molecular weight is 241 g/mol. The minimum absolute atomic E-state index is 0.0954. The molecule has 0 saturated carbocycles. The van der Waals surface area contributed by atoms with Crippen molar-refractivity contribution in [3.8, 4) is 0 Å².